The van der Waals surface area contributed by atoms with E-state index in [1.807, 2.05) is 36.4 Å². The van der Waals surface area contributed by atoms with E-state index in [9.17, 15) is 0 Å². The zero-order valence-electron chi connectivity index (χ0n) is 14.0. The molecule has 4 heteroatoms. The van der Waals surface area contributed by atoms with Gasteiger partial charge < -0.3 is 5.32 Å². The fraction of sp³-hybridized carbons (Fsp3) is 0.0952. The summed E-state index contributed by atoms with van der Waals surface area (Å²) in [5.74, 6) is 1.50. The quantitative estimate of drug-likeness (QED) is 0.573. The fourth-order valence-corrected chi connectivity index (χ4v) is 2.76. The molecule has 0 saturated carbocycles. The number of aryl methyl sites for hydroxylation is 1. The Hall–Kier alpha value is -3.27. The van der Waals surface area contributed by atoms with E-state index in [0.717, 1.165) is 34.4 Å². The summed E-state index contributed by atoms with van der Waals surface area (Å²) in [5, 5.41) is 4.44. The summed E-state index contributed by atoms with van der Waals surface area (Å²) in [6.45, 7) is 2.15. The highest BCUT2D eigenvalue weighted by Crippen LogP contribution is 2.27. The Morgan fingerprint density at radius 2 is 1.60 bits per heavy atom. The third kappa shape index (κ3) is 3.19. The van der Waals surface area contributed by atoms with Crippen molar-refractivity contribution >= 4 is 22.4 Å². The molecule has 2 aromatic heterocycles. The maximum Gasteiger partial charge on any atom is 0.162 e. The van der Waals surface area contributed by atoms with Crippen LogP contribution in [0.15, 0.2) is 73.1 Å². The molecule has 122 valence electrons. The Morgan fingerprint density at radius 3 is 2.36 bits per heavy atom. The normalized spacial score (nSPS) is 10.8. The van der Waals surface area contributed by atoms with Crippen molar-refractivity contribution in [1.29, 1.82) is 0 Å². The number of hydrogen-bond acceptors (Lipinski definition) is 4. The van der Waals surface area contributed by atoms with Gasteiger partial charge in [-0.25, -0.2) is 9.97 Å². The van der Waals surface area contributed by atoms with E-state index < -0.39 is 0 Å². The molecule has 4 rings (SSSR count). The SMILES string of the molecule is CCc1ccc(Nc2nc(-c3ccncc3)nc3ccccc23)cc1. The number of rotatable bonds is 4. The van der Waals surface area contributed by atoms with Gasteiger partial charge in [-0.1, -0.05) is 31.2 Å². The molecule has 0 spiro atoms. The van der Waals surface area contributed by atoms with Crippen molar-refractivity contribution < 1.29 is 0 Å². The predicted octanol–water partition coefficient (Wildman–Crippen LogP) is 5.00. The van der Waals surface area contributed by atoms with Crippen molar-refractivity contribution in [3.05, 3.63) is 78.6 Å². The maximum atomic E-state index is 4.76. The van der Waals surface area contributed by atoms with Gasteiger partial charge in [-0.05, 0) is 48.4 Å². The summed E-state index contributed by atoms with van der Waals surface area (Å²) >= 11 is 0. The molecule has 1 N–H and O–H groups in total. The second-order valence-corrected chi connectivity index (χ2v) is 5.82. The number of fused-ring (bicyclic) bond motifs is 1. The molecule has 0 amide bonds. The lowest BCUT2D eigenvalue weighted by Gasteiger charge is -2.11. The van der Waals surface area contributed by atoms with E-state index in [1.54, 1.807) is 12.4 Å². The number of benzene rings is 2. The van der Waals surface area contributed by atoms with Crippen molar-refractivity contribution in [3.8, 4) is 11.4 Å². The first-order valence-corrected chi connectivity index (χ1v) is 8.36. The molecule has 0 aliphatic heterocycles. The van der Waals surface area contributed by atoms with E-state index in [4.69, 9.17) is 9.97 Å². The number of anilines is 2. The van der Waals surface area contributed by atoms with Crippen LogP contribution in [0.4, 0.5) is 11.5 Å². The van der Waals surface area contributed by atoms with Crippen LogP contribution in [0.25, 0.3) is 22.3 Å². The molecule has 0 fully saturated rings. The minimum absolute atomic E-state index is 0.689. The lowest BCUT2D eigenvalue weighted by molar-refractivity contribution is 1.14. The summed E-state index contributed by atoms with van der Waals surface area (Å²) in [5.41, 5.74) is 4.19. The number of pyridine rings is 1. The number of nitrogens with one attached hydrogen (secondary N) is 1. The zero-order chi connectivity index (χ0) is 17.1. The van der Waals surface area contributed by atoms with E-state index in [-0.39, 0.29) is 0 Å². The number of aromatic nitrogens is 3. The Kier molecular flexibility index (Phi) is 4.09. The standard InChI is InChI=1S/C21H18N4/c1-2-15-7-9-17(10-8-15)23-21-18-5-3-4-6-19(18)24-20(25-21)16-11-13-22-14-12-16/h3-14H,2H2,1H3,(H,23,24,25). The molecular formula is C21H18N4. The first kappa shape index (κ1) is 15.3. The van der Waals surface area contributed by atoms with Crippen LogP contribution in [-0.4, -0.2) is 15.0 Å². The third-order valence-electron chi connectivity index (χ3n) is 4.17. The summed E-state index contributed by atoms with van der Waals surface area (Å²) in [6, 6.07) is 20.3. The van der Waals surface area contributed by atoms with Gasteiger partial charge in [-0.3, -0.25) is 4.98 Å². The molecule has 0 saturated heterocycles. The molecule has 4 nitrogen and oxygen atoms in total. The summed E-state index contributed by atoms with van der Waals surface area (Å²) < 4.78 is 0. The average Bonchev–Trinajstić information content (AvgIpc) is 2.69. The van der Waals surface area contributed by atoms with Crippen molar-refractivity contribution in [1.82, 2.24) is 15.0 Å². The topological polar surface area (TPSA) is 50.7 Å². The number of hydrogen-bond donors (Lipinski definition) is 1. The Bertz CT molecular complexity index is 995. The molecule has 2 heterocycles. The first-order valence-electron chi connectivity index (χ1n) is 8.36. The second kappa shape index (κ2) is 6.69. The lowest BCUT2D eigenvalue weighted by atomic mass is 10.1. The van der Waals surface area contributed by atoms with Gasteiger partial charge in [-0.15, -0.1) is 0 Å². The van der Waals surface area contributed by atoms with E-state index >= 15 is 0 Å². The zero-order valence-corrected chi connectivity index (χ0v) is 14.0. The molecule has 0 unspecified atom stereocenters. The molecular weight excluding hydrogens is 308 g/mol. The molecule has 0 atom stereocenters. The maximum absolute atomic E-state index is 4.76. The molecule has 4 aromatic rings. The second-order valence-electron chi connectivity index (χ2n) is 5.82. The van der Waals surface area contributed by atoms with Crippen LogP contribution in [-0.2, 0) is 6.42 Å². The Balaban J connectivity index is 1.80. The summed E-state index contributed by atoms with van der Waals surface area (Å²) in [6.07, 6.45) is 4.54. The third-order valence-corrected chi connectivity index (χ3v) is 4.17. The molecule has 0 bridgehead atoms. The summed E-state index contributed by atoms with van der Waals surface area (Å²) in [4.78, 5) is 13.5. The average molecular weight is 326 g/mol. The highest BCUT2D eigenvalue weighted by Gasteiger charge is 2.09. The first-order chi connectivity index (χ1) is 12.3. The monoisotopic (exact) mass is 326 g/mol. The van der Waals surface area contributed by atoms with Gasteiger partial charge in [0.25, 0.3) is 0 Å². The van der Waals surface area contributed by atoms with E-state index in [0.29, 0.717) is 5.82 Å². The smallest absolute Gasteiger partial charge is 0.162 e. The van der Waals surface area contributed by atoms with Crippen LogP contribution in [0.2, 0.25) is 0 Å². The minimum Gasteiger partial charge on any atom is -0.340 e. The van der Waals surface area contributed by atoms with Crippen LogP contribution in [0.1, 0.15) is 12.5 Å². The predicted molar refractivity (Wildman–Crippen MR) is 102 cm³/mol. The molecule has 2 aromatic carbocycles. The Labute approximate surface area is 146 Å². The van der Waals surface area contributed by atoms with Crippen molar-refractivity contribution in [2.45, 2.75) is 13.3 Å². The van der Waals surface area contributed by atoms with Crippen molar-refractivity contribution in [2.75, 3.05) is 5.32 Å². The van der Waals surface area contributed by atoms with E-state index in [1.165, 1.54) is 5.56 Å². The fourth-order valence-electron chi connectivity index (χ4n) is 2.76. The number of nitrogens with zero attached hydrogens (tertiary/aromatic N) is 3. The minimum atomic E-state index is 0.689. The van der Waals surface area contributed by atoms with Crippen LogP contribution < -0.4 is 5.32 Å². The molecule has 0 aliphatic carbocycles. The van der Waals surface area contributed by atoms with Crippen LogP contribution >= 0.6 is 0 Å². The molecule has 0 radical (unpaired) electrons. The highest BCUT2D eigenvalue weighted by atomic mass is 15.0. The van der Waals surface area contributed by atoms with Gasteiger partial charge in [0.15, 0.2) is 5.82 Å². The van der Waals surface area contributed by atoms with Crippen LogP contribution in [0, 0.1) is 0 Å². The van der Waals surface area contributed by atoms with E-state index in [2.05, 4.69) is 41.5 Å². The van der Waals surface area contributed by atoms with Gasteiger partial charge in [0.2, 0.25) is 0 Å². The van der Waals surface area contributed by atoms with Gasteiger partial charge in [0.1, 0.15) is 5.82 Å². The van der Waals surface area contributed by atoms with Crippen LogP contribution in [0.5, 0.6) is 0 Å². The number of para-hydroxylation sites is 1. The van der Waals surface area contributed by atoms with Crippen LogP contribution in [0.3, 0.4) is 0 Å². The lowest BCUT2D eigenvalue weighted by Crippen LogP contribution is -1.99. The van der Waals surface area contributed by atoms with Gasteiger partial charge in [-0.2, -0.15) is 0 Å². The molecule has 25 heavy (non-hydrogen) atoms. The molecule has 0 aliphatic rings. The van der Waals surface area contributed by atoms with Gasteiger partial charge in [0, 0.05) is 29.0 Å². The van der Waals surface area contributed by atoms with Gasteiger partial charge in [0.05, 0.1) is 5.52 Å². The van der Waals surface area contributed by atoms with Crippen molar-refractivity contribution in [3.63, 3.8) is 0 Å². The Morgan fingerprint density at radius 1 is 0.840 bits per heavy atom. The van der Waals surface area contributed by atoms with Crippen molar-refractivity contribution in [2.24, 2.45) is 0 Å². The summed E-state index contributed by atoms with van der Waals surface area (Å²) in [7, 11) is 0. The highest BCUT2D eigenvalue weighted by molar-refractivity contribution is 5.92. The van der Waals surface area contributed by atoms with Gasteiger partial charge >= 0.3 is 0 Å². The largest absolute Gasteiger partial charge is 0.340 e.